The van der Waals surface area contributed by atoms with Crippen molar-refractivity contribution in [3.8, 4) is 0 Å². The third kappa shape index (κ3) is 1.72. The molecule has 0 unspecified atom stereocenters. The van der Waals surface area contributed by atoms with Crippen molar-refractivity contribution in [3.63, 3.8) is 0 Å². The van der Waals surface area contributed by atoms with Crippen molar-refractivity contribution < 1.29 is 0 Å². The molecule has 0 radical (unpaired) electrons. The van der Waals surface area contributed by atoms with Gasteiger partial charge in [0.05, 0.1) is 0 Å². The molecular weight excluding hydrogens is 217 g/mol. The van der Waals surface area contributed by atoms with Gasteiger partial charge in [-0.25, -0.2) is 0 Å². The Morgan fingerprint density at radius 3 is 2.75 bits per heavy atom. The van der Waals surface area contributed by atoms with Crippen molar-refractivity contribution in [3.05, 3.63) is 34.4 Å². The zero-order valence-corrected chi connectivity index (χ0v) is 7.98. The Labute approximate surface area is 76.2 Å². The molecule has 0 saturated carbocycles. The predicted octanol–water partition coefficient (Wildman–Crippen LogP) is 1.28. The van der Waals surface area contributed by atoms with Crippen LogP contribution in [0.1, 0.15) is 0 Å². The Hall–Kier alpha value is -1.12. The molecule has 0 bridgehead atoms. The van der Waals surface area contributed by atoms with Crippen molar-refractivity contribution in [1.82, 2.24) is 9.97 Å². The van der Waals surface area contributed by atoms with E-state index in [9.17, 15) is 0 Å². The van der Waals surface area contributed by atoms with Crippen LogP contribution in [-0.2, 0) is 0 Å². The van der Waals surface area contributed by atoms with Gasteiger partial charge < -0.3 is 0 Å². The Morgan fingerprint density at radius 1 is 1.25 bits per heavy atom. The Balaban J connectivity index is 2.15. The fourth-order valence-corrected chi connectivity index (χ4v) is 2.06. The van der Waals surface area contributed by atoms with Crippen LogP contribution in [0.2, 0.25) is 0 Å². The summed E-state index contributed by atoms with van der Waals surface area (Å²) in [6.45, 7) is 0. The van der Waals surface area contributed by atoms with E-state index < -0.39 is 0 Å². The summed E-state index contributed by atoms with van der Waals surface area (Å²) < 4.78 is 0. The monoisotopic (exact) mass is 225 g/mol. The molecule has 0 spiro atoms. The molecule has 2 aromatic heterocycles. The van der Waals surface area contributed by atoms with Gasteiger partial charge in [0.15, 0.2) is 0 Å². The normalized spacial score (nSPS) is 9.67. The summed E-state index contributed by atoms with van der Waals surface area (Å²) in [6, 6.07) is 3.85. The number of nitrogens with one attached hydrogen (secondary N) is 1. The molecule has 1 N–H and O–H groups in total. The minimum absolute atomic E-state index is 0.511. The number of aromatic nitrogens is 2. The molecule has 0 saturated heterocycles. The molecule has 12 heavy (non-hydrogen) atoms. The van der Waals surface area contributed by atoms with Crippen LogP contribution in [0.5, 0.6) is 0 Å². The summed E-state index contributed by atoms with van der Waals surface area (Å²) in [4.78, 5) is 12.4. The van der Waals surface area contributed by atoms with E-state index in [4.69, 9.17) is 0 Å². The van der Waals surface area contributed by atoms with E-state index in [-0.39, 0.29) is 0 Å². The second-order valence-electron chi connectivity index (χ2n) is 2.21. The number of rotatable bonds is 2. The van der Waals surface area contributed by atoms with Crippen LogP contribution in [0, 0.1) is 0 Å². The van der Waals surface area contributed by atoms with E-state index in [1.54, 1.807) is 18.5 Å². The van der Waals surface area contributed by atoms with Crippen molar-refractivity contribution in [2.24, 2.45) is 0 Å². The van der Waals surface area contributed by atoms with Gasteiger partial charge in [-0.05, 0) is 0 Å². The SMILES string of the molecule is c1cnc(Nc2cc[se]c2)nc1. The van der Waals surface area contributed by atoms with Gasteiger partial charge in [0, 0.05) is 0 Å². The van der Waals surface area contributed by atoms with Gasteiger partial charge in [0.2, 0.25) is 0 Å². The van der Waals surface area contributed by atoms with E-state index >= 15 is 0 Å². The molecular formula is C8H7N3Se. The number of anilines is 2. The summed E-state index contributed by atoms with van der Waals surface area (Å²) in [5.41, 5.74) is 1.10. The Bertz CT molecular complexity index is 330. The van der Waals surface area contributed by atoms with Gasteiger partial charge in [0.25, 0.3) is 0 Å². The minimum atomic E-state index is 0.511. The topological polar surface area (TPSA) is 37.8 Å². The van der Waals surface area contributed by atoms with Crippen LogP contribution in [0.15, 0.2) is 34.4 Å². The summed E-state index contributed by atoms with van der Waals surface area (Å²) in [5, 5.41) is 3.11. The van der Waals surface area contributed by atoms with Gasteiger partial charge in [-0.15, -0.1) is 0 Å². The van der Waals surface area contributed by atoms with Gasteiger partial charge in [-0.1, -0.05) is 0 Å². The first-order valence-electron chi connectivity index (χ1n) is 3.51. The van der Waals surface area contributed by atoms with Crippen molar-refractivity contribution in [2.75, 3.05) is 5.32 Å². The average molecular weight is 224 g/mol. The Morgan fingerprint density at radius 2 is 2.08 bits per heavy atom. The molecule has 3 nitrogen and oxygen atoms in total. The maximum atomic E-state index is 4.05. The van der Waals surface area contributed by atoms with Crippen LogP contribution in [0.3, 0.4) is 0 Å². The van der Waals surface area contributed by atoms with Crippen LogP contribution < -0.4 is 5.32 Å². The molecule has 0 fully saturated rings. The molecule has 0 aliphatic heterocycles. The predicted molar refractivity (Wildman–Crippen MR) is 48.7 cm³/mol. The van der Waals surface area contributed by atoms with Crippen molar-refractivity contribution in [1.29, 1.82) is 0 Å². The van der Waals surface area contributed by atoms with Crippen molar-refractivity contribution in [2.45, 2.75) is 0 Å². The zero-order chi connectivity index (χ0) is 8.23. The van der Waals surface area contributed by atoms with Crippen molar-refractivity contribution >= 4 is 26.1 Å². The first-order valence-corrected chi connectivity index (χ1v) is 5.49. The number of hydrogen-bond acceptors (Lipinski definition) is 3. The van der Waals surface area contributed by atoms with Gasteiger partial charge in [-0.3, -0.25) is 0 Å². The summed E-state index contributed by atoms with van der Waals surface area (Å²) in [5.74, 6) is 0.658. The third-order valence-electron chi connectivity index (χ3n) is 1.34. The molecule has 60 valence electrons. The van der Waals surface area contributed by atoms with Crippen LogP contribution >= 0.6 is 0 Å². The van der Waals surface area contributed by atoms with E-state index in [0.717, 1.165) is 5.69 Å². The molecule has 0 amide bonds. The maximum absolute atomic E-state index is 4.05. The molecule has 2 heterocycles. The number of nitrogens with zero attached hydrogens (tertiary/aromatic N) is 2. The molecule has 0 aliphatic carbocycles. The molecule has 0 aliphatic rings. The standard InChI is InChI=1S/C8H7N3Se/c1-3-9-8(10-4-1)11-7-2-5-12-6-7/h1-6H,(H,9,10,11). The third-order valence-corrected chi connectivity index (χ3v) is 2.78. The van der Waals surface area contributed by atoms with E-state index in [0.29, 0.717) is 20.5 Å². The van der Waals surface area contributed by atoms with Gasteiger partial charge >= 0.3 is 75.8 Å². The van der Waals surface area contributed by atoms with Gasteiger partial charge in [-0.2, -0.15) is 0 Å². The molecule has 2 aromatic rings. The fraction of sp³-hybridized carbons (Fsp3) is 0. The number of hydrogen-bond donors (Lipinski definition) is 1. The summed E-state index contributed by atoms with van der Waals surface area (Å²) in [6.07, 6.45) is 3.44. The molecule has 4 heteroatoms. The second kappa shape index (κ2) is 3.52. The molecule has 2 rings (SSSR count). The van der Waals surface area contributed by atoms with Gasteiger partial charge in [0.1, 0.15) is 0 Å². The van der Waals surface area contributed by atoms with Crippen LogP contribution in [0.25, 0.3) is 0 Å². The van der Waals surface area contributed by atoms with E-state index in [1.165, 1.54) is 0 Å². The average Bonchev–Trinajstić information content (AvgIpc) is 2.59. The van der Waals surface area contributed by atoms with E-state index in [1.807, 2.05) is 0 Å². The molecule has 0 atom stereocenters. The fourth-order valence-electron chi connectivity index (χ4n) is 0.828. The quantitative estimate of drug-likeness (QED) is 0.781. The Kier molecular flexibility index (Phi) is 2.21. The molecule has 0 aromatic carbocycles. The van der Waals surface area contributed by atoms with Crippen LogP contribution in [-0.4, -0.2) is 24.5 Å². The second-order valence-corrected chi connectivity index (χ2v) is 3.85. The summed E-state index contributed by atoms with van der Waals surface area (Å²) >= 11 is 0.511. The zero-order valence-electron chi connectivity index (χ0n) is 6.27. The first kappa shape index (κ1) is 7.52. The van der Waals surface area contributed by atoms with E-state index in [2.05, 4.69) is 31.2 Å². The first-order chi connectivity index (χ1) is 5.95. The summed E-state index contributed by atoms with van der Waals surface area (Å²) in [7, 11) is 0. The van der Waals surface area contributed by atoms with Crippen LogP contribution in [0.4, 0.5) is 11.6 Å².